The highest BCUT2D eigenvalue weighted by molar-refractivity contribution is 5.49. The smallest absolute Gasteiger partial charge is 0.131 e. The predicted molar refractivity (Wildman–Crippen MR) is 86.2 cm³/mol. The van der Waals surface area contributed by atoms with Gasteiger partial charge in [-0.25, -0.2) is 9.97 Å². The van der Waals surface area contributed by atoms with Crippen LogP contribution in [0.3, 0.4) is 0 Å². The van der Waals surface area contributed by atoms with E-state index in [2.05, 4.69) is 56.9 Å². The van der Waals surface area contributed by atoms with Crippen LogP contribution in [0.15, 0.2) is 6.20 Å². The molecule has 0 saturated carbocycles. The van der Waals surface area contributed by atoms with Crippen LogP contribution in [0.4, 0.5) is 5.69 Å². The molecule has 4 heteroatoms. The number of hydrogen-bond acceptors (Lipinski definition) is 4. The van der Waals surface area contributed by atoms with E-state index in [0.29, 0.717) is 17.9 Å². The van der Waals surface area contributed by atoms with Crippen molar-refractivity contribution >= 4 is 5.69 Å². The fraction of sp³-hybridized carbons (Fsp3) is 0.750. The molecule has 0 spiro atoms. The Bertz CT molecular complexity index is 415. The second-order valence-electron chi connectivity index (χ2n) is 6.33. The minimum atomic E-state index is 0.359. The van der Waals surface area contributed by atoms with Crippen molar-refractivity contribution in [3.8, 4) is 0 Å². The lowest BCUT2D eigenvalue weighted by molar-refractivity contribution is 0.502. The molecule has 0 aliphatic rings. The van der Waals surface area contributed by atoms with E-state index in [-0.39, 0.29) is 0 Å². The van der Waals surface area contributed by atoms with Crippen LogP contribution in [0.1, 0.15) is 58.5 Å². The highest BCUT2D eigenvalue weighted by Gasteiger charge is 2.17. The second kappa shape index (κ2) is 7.58. The molecule has 0 aliphatic heterocycles. The standard InChI is InChI=1S/C16H30N4/c1-11(2)8-13(5)20(7)15-10-18-16(12(3)4)19-14(15)9-17-6/h10-13,17H,8-9H2,1-7H3. The Morgan fingerprint density at radius 3 is 2.35 bits per heavy atom. The van der Waals surface area contributed by atoms with Gasteiger partial charge in [-0.1, -0.05) is 27.7 Å². The van der Waals surface area contributed by atoms with Gasteiger partial charge in [-0.2, -0.15) is 0 Å². The van der Waals surface area contributed by atoms with Crippen molar-refractivity contribution in [3.63, 3.8) is 0 Å². The van der Waals surface area contributed by atoms with Gasteiger partial charge in [-0.05, 0) is 26.3 Å². The molecular formula is C16H30N4. The summed E-state index contributed by atoms with van der Waals surface area (Å²) < 4.78 is 0. The molecule has 0 fully saturated rings. The van der Waals surface area contributed by atoms with E-state index in [1.807, 2.05) is 13.2 Å². The van der Waals surface area contributed by atoms with Crippen molar-refractivity contribution in [1.82, 2.24) is 15.3 Å². The zero-order chi connectivity index (χ0) is 15.3. The quantitative estimate of drug-likeness (QED) is 0.831. The van der Waals surface area contributed by atoms with Crippen LogP contribution in [-0.4, -0.2) is 30.1 Å². The monoisotopic (exact) mass is 278 g/mol. The van der Waals surface area contributed by atoms with E-state index in [1.165, 1.54) is 6.42 Å². The van der Waals surface area contributed by atoms with E-state index in [9.17, 15) is 0 Å². The topological polar surface area (TPSA) is 41.1 Å². The number of nitrogens with zero attached hydrogens (tertiary/aromatic N) is 3. The first-order valence-electron chi connectivity index (χ1n) is 7.60. The average Bonchev–Trinajstić information content (AvgIpc) is 2.37. The lowest BCUT2D eigenvalue weighted by Crippen LogP contribution is -2.32. The normalized spacial score (nSPS) is 13.1. The van der Waals surface area contributed by atoms with Crippen molar-refractivity contribution in [2.45, 2.75) is 59.5 Å². The first-order valence-corrected chi connectivity index (χ1v) is 7.60. The summed E-state index contributed by atoms with van der Waals surface area (Å²) in [5.74, 6) is 1.97. The highest BCUT2D eigenvalue weighted by atomic mass is 15.2. The van der Waals surface area contributed by atoms with Crippen LogP contribution < -0.4 is 10.2 Å². The Labute approximate surface area is 124 Å². The largest absolute Gasteiger partial charge is 0.369 e. The maximum absolute atomic E-state index is 4.73. The van der Waals surface area contributed by atoms with Gasteiger partial charge in [0.2, 0.25) is 0 Å². The van der Waals surface area contributed by atoms with Gasteiger partial charge in [0.15, 0.2) is 0 Å². The Balaban J connectivity index is 3.03. The van der Waals surface area contributed by atoms with Crippen LogP contribution in [0.25, 0.3) is 0 Å². The summed E-state index contributed by atoms with van der Waals surface area (Å²) in [5, 5.41) is 3.21. The highest BCUT2D eigenvalue weighted by Crippen LogP contribution is 2.23. The first kappa shape index (κ1) is 16.9. The maximum atomic E-state index is 4.73. The molecular weight excluding hydrogens is 248 g/mol. The van der Waals surface area contributed by atoms with Crippen LogP contribution in [0.2, 0.25) is 0 Å². The van der Waals surface area contributed by atoms with E-state index < -0.39 is 0 Å². The molecule has 1 N–H and O–H groups in total. The molecule has 114 valence electrons. The summed E-state index contributed by atoms with van der Waals surface area (Å²) in [7, 11) is 4.10. The Hall–Kier alpha value is -1.16. The van der Waals surface area contributed by atoms with Gasteiger partial charge in [-0.15, -0.1) is 0 Å². The van der Waals surface area contributed by atoms with E-state index in [4.69, 9.17) is 4.98 Å². The molecule has 1 heterocycles. The summed E-state index contributed by atoms with van der Waals surface area (Å²) in [6.45, 7) is 11.8. The zero-order valence-electron chi connectivity index (χ0n) is 14.1. The Kier molecular flexibility index (Phi) is 6.40. The van der Waals surface area contributed by atoms with Gasteiger partial charge < -0.3 is 10.2 Å². The number of anilines is 1. The summed E-state index contributed by atoms with van der Waals surface area (Å²) >= 11 is 0. The van der Waals surface area contributed by atoms with Crippen molar-refractivity contribution < 1.29 is 0 Å². The minimum absolute atomic E-state index is 0.359. The fourth-order valence-corrected chi connectivity index (χ4v) is 2.37. The predicted octanol–water partition coefficient (Wildman–Crippen LogP) is 3.19. The Morgan fingerprint density at radius 2 is 1.85 bits per heavy atom. The van der Waals surface area contributed by atoms with Gasteiger partial charge in [0, 0.05) is 25.6 Å². The number of aromatic nitrogens is 2. The summed E-state index contributed by atoms with van der Waals surface area (Å²) in [5.41, 5.74) is 2.22. The maximum Gasteiger partial charge on any atom is 0.131 e. The molecule has 0 aromatic carbocycles. The van der Waals surface area contributed by atoms with Crippen molar-refractivity contribution in [3.05, 3.63) is 17.7 Å². The van der Waals surface area contributed by atoms with Crippen molar-refractivity contribution in [2.24, 2.45) is 5.92 Å². The third-order valence-corrected chi connectivity index (χ3v) is 3.58. The zero-order valence-corrected chi connectivity index (χ0v) is 14.1. The molecule has 20 heavy (non-hydrogen) atoms. The number of rotatable bonds is 7. The van der Waals surface area contributed by atoms with Crippen molar-refractivity contribution in [1.29, 1.82) is 0 Å². The molecule has 0 bridgehead atoms. The van der Waals surface area contributed by atoms with Crippen LogP contribution in [-0.2, 0) is 6.54 Å². The molecule has 0 amide bonds. The second-order valence-corrected chi connectivity index (χ2v) is 6.33. The van der Waals surface area contributed by atoms with Gasteiger partial charge in [0.05, 0.1) is 17.6 Å². The molecule has 1 unspecified atom stereocenters. The molecule has 1 rings (SSSR count). The molecule has 0 radical (unpaired) electrons. The molecule has 4 nitrogen and oxygen atoms in total. The third-order valence-electron chi connectivity index (χ3n) is 3.58. The number of hydrogen-bond donors (Lipinski definition) is 1. The van der Waals surface area contributed by atoms with Gasteiger partial charge >= 0.3 is 0 Å². The van der Waals surface area contributed by atoms with Gasteiger partial charge in [0.25, 0.3) is 0 Å². The number of nitrogens with one attached hydrogen (secondary N) is 1. The van der Waals surface area contributed by atoms with Crippen LogP contribution in [0, 0.1) is 5.92 Å². The third kappa shape index (κ3) is 4.44. The van der Waals surface area contributed by atoms with Gasteiger partial charge in [-0.3, -0.25) is 0 Å². The molecule has 1 aromatic rings. The van der Waals surface area contributed by atoms with E-state index in [1.54, 1.807) is 0 Å². The van der Waals surface area contributed by atoms with E-state index in [0.717, 1.165) is 23.8 Å². The summed E-state index contributed by atoms with van der Waals surface area (Å²) in [4.78, 5) is 11.6. The van der Waals surface area contributed by atoms with Crippen LogP contribution in [0.5, 0.6) is 0 Å². The molecule has 1 aromatic heterocycles. The molecule has 0 saturated heterocycles. The first-order chi connectivity index (χ1) is 9.36. The molecule has 0 aliphatic carbocycles. The lowest BCUT2D eigenvalue weighted by atomic mass is 10.0. The summed E-state index contributed by atoms with van der Waals surface area (Å²) in [6.07, 6.45) is 3.15. The van der Waals surface area contributed by atoms with E-state index >= 15 is 0 Å². The van der Waals surface area contributed by atoms with Crippen LogP contribution >= 0.6 is 0 Å². The molecule has 1 atom stereocenters. The lowest BCUT2D eigenvalue weighted by Gasteiger charge is -2.29. The minimum Gasteiger partial charge on any atom is -0.369 e. The fourth-order valence-electron chi connectivity index (χ4n) is 2.37. The SMILES string of the molecule is CNCc1nc(C(C)C)ncc1N(C)C(C)CC(C)C. The average molecular weight is 278 g/mol. The van der Waals surface area contributed by atoms with Crippen molar-refractivity contribution in [2.75, 3.05) is 19.0 Å². The Morgan fingerprint density at radius 1 is 1.20 bits per heavy atom. The summed E-state index contributed by atoms with van der Waals surface area (Å²) in [6, 6.07) is 0.485. The van der Waals surface area contributed by atoms with Gasteiger partial charge in [0.1, 0.15) is 5.82 Å².